The summed E-state index contributed by atoms with van der Waals surface area (Å²) in [4.78, 5) is 24.6. The topological polar surface area (TPSA) is 56.5 Å². The summed E-state index contributed by atoms with van der Waals surface area (Å²) in [6.45, 7) is 6.26. The third-order valence-corrected chi connectivity index (χ3v) is 4.85. The first kappa shape index (κ1) is 15.6. The van der Waals surface area contributed by atoms with Gasteiger partial charge in [-0.3, -0.25) is 4.79 Å². The van der Waals surface area contributed by atoms with Gasteiger partial charge in [-0.2, -0.15) is 0 Å². The first-order valence-electron chi connectivity index (χ1n) is 8.47. The first-order valence-corrected chi connectivity index (χ1v) is 8.47. The van der Waals surface area contributed by atoms with E-state index in [-0.39, 0.29) is 5.78 Å². The van der Waals surface area contributed by atoms with Crippen LogP contribution in [0.4, 0.5) is 0 Å². The molecule has 4 heteroatoms. The van der Waals surface area contributed by atoms with Crippen molar-refractivity contribution in [2.45, 2.75) is 26.2 Å². The van der Waals surface area contributed by atoms with Crippen LogP contribution in [-0.2, 0) is 22.4 Å². The highest BCUT2D eigenvalue weighted by molar-refractivity contribution is 6.19. The van der Waals surface area contributed by atoms with Crippen molar-refractivity contribution in [3.63, 3.8) is 0 Å². The third kappa shape index (κ3) is 2.37. The lowest BCUT2D eigenvalue weighted by molar-refractivity contribution is -0.137. The Balaban J connectivity index is 1.79. The molecule has 2 aliphatic carbocycles. The molecule has 0 N–H and O–H groups in total. The van der Waals surface area contributed by atoms with Crippen molar-refractivity contribution < 1.29 is 18.7 Å². The Hall–Kier alpha value is -2.88. The first-order chi connectivity index (χ1) is 12.1. The SMILES string of the molecule is C=C1c2ccc3c(c2C(=O)c2occ(/C=C/C(=O)OCC)c21)CCC3. The van der Waals surface area contributed by atoms with Gasteiger partial charge in [0.1, 0.15) is 0 Å². The lowest BCUT2D eigenvalue weighted by Gasteiger charge is -2.20. The number of carbonyl (C=O) groups is 2. The van der Waals surface area contributed by atoms with Crippen molar-refractivity contribution in [2.24, 2.45) is 0 Å². The Kier molecular flexibility index (Phi) is 3.68. The second-order valence-corrected chi connectivity index (χ2v) is 6.27. The molecule has 1 aromatic carbocycles. The van der Waals surface area contributed by atoms with E-state index in [1.54, 1.807) is 13.0 Å². The molecule has 0 unspecified atom stereocenters. The van der Waals surface area contributed by atoms with Crippen LogP contribution < -0.4 is 0 Å². The van der Waals surface area contributed by atoms with Crippen molar-refractivity contribution in [3.8, 4) is 0 Å². The molecule has 2 aliphatic rings. The fourth-order valence-electron chi connectivity index (χ4n) is 3.75. The number of furan rings is 1. The number of carbonyl (C=O) groups excluding carboxylic acids is 2. The molecule has 0 amide bonds. The number of aryl methyl sites for hydroxylation is 1. The van der Waals surface area contributed by atoms with E-state index in [1.165, 1.54) is 17.9 Å². The normalized spacial score (nSPS) is 15.2. The Morgan fingerprint density at radius 1 is 1.32 bits per heavy atom. The number of rotatable bonds is 3. The molecule has 0 saturated heterocycles. The monoisotopic (exact) mass is 334 g/mol. The van der Waals surface area contributed by atoms with Gasteiger partial charge >= 0.3 is 5.97 Å². The number of hydrogen-bond acceptors (Lipinski definition) is 4. The van der Waals surface area contributed by atoms with Gasteiger partial charge in [-0.1, -0.05) is 18.7 Å². The number of ether oxygens (including phenoxy) is 1. The van der Waals surface area contributed by atoms with Gasteiger partial charge in [0.05, 0.1) is 12.9 Å². The van der Waals surface area contributed by atoms with Crippen LogP contribution in [0.25, 0.3) is 11.6 Å². The van der Waals surface area contributed by atoms with E-state index < -0.39 is 5.97 Å². The maximum absolute atomic E-state index is 13.0. The third-order valence-electron chi connectivity index (χ3n) is 4.85. The molecule has 4 rings (SSSR count). The summed E-state index contributed by atoms with van der Waals surface area (Å²) in [5.41, 5.74) is 6.07. The predicted octanol–water partition coefficient (Wildman–Crippen LogP) is 3.95. The molecule has 0 saturated carbocycles. The van der Waals surface area contributed by atoms with Crippen LogP contribution in [0, 0.1) is 0 Å². The second-order valence-electron chi connectivity index (χ2n) is 6.27. The molecule has 0 bridgehead atoms. The van der Waals surface area contributed by atoms with Crippen molar-refractivity contribution in [1.82, 2.24) is 0 Å². The summed E-state index contributed by atoms with van der Waals surface area (Å²) in [7, 11) is 0. The quantitative estimate of drug-likeness (QED) is 0.537. The van der Waals surface area contributed by atoms with Gasteiger partial charge in [0, 0.05) is 22.8 Å². The van der Waals surface area contributed by atoms with Crippen molar-refractivity contribution in [3.05, 3.63) is 70.2 Å². The van der Waals surface area contributed by atoms with Gasteiger partial charge in [0.25, 0.3) is 0 Å². The zero-order valence-electron chi connectivity index (χ0n) is 14.1. The van der Waals surface area contributed by atoms with E-state index in [0.29, 0.717) is 23.5 Å². The van der Waals surface area contributed by atoms with Crippen LogP contribution in [-0.4, -0.2) is 18.4 Å². The molecular weight excluding hydrogens is 316 g/mol. The molecule has 0 aliphatic heterocycles. The highest BCUT2D eigenvalue weighted by Crippen LogP contribution is 2.42. The van der Waals surface area contributed by atoms with Crippen LogP contribution in [0.3, 0.4) is 0 Å². The molecule has 0 radical (unpaired) electrons. The maximum atomic E-state index is 13.0. The van der Waals surface area contributed by atoms with E-state index in [0.717, 1.165) is 41.5 Å². The maximum Gasteiger partial charge on any atom is 0.330 e. The fourth-order valence-corrected chi connectivity index (χ4v) is 3.75. The number of fused-ring (bicyclic) bond motifs is 4. The minimum absolute atomic E-state index is 0.0908. The Bertz CT molecular complexity index is 943. The molecule has 0 fully saturated rings. The van der Waals surface area contributed by atoms with Crippen LogP contribution in [0.1, 0.15) is 57.3 Å². The van der Waals surface area contributed by atoms with Gasteiger partial charge in [0.15, 0.2) is 5.76 Å². The molecule has 126 valence electrons. The molecule has 4 nitrogen and oxygen atoms in total. The number of esters is 1. The van der Waals surface area contributed by atoms with Crippen molar-refractivity contribution >= 4 is 23.4 Å². The highest BCUT2D eigenvalue weighted by atomic mass is 16.5. The van der Waals surface area contributed by atoms with E-state index in [1.807, 2.05) is 6.07 Å². The van der Waals surface area contributed by atoms with Crippen LogP contribution in [0.5, 0.6) is 0 Å². The predicted molar refractivity (Wildman–Crippen MR) is 94.4 cm³/mol. The van der Waals surface area contributed by atoms with Gasteiger partial charge in [-0.25, -0.2) is 4.79 Å². The Labute approximate surface area is 145 Å². The molecule has 1 aromatic heterocycles. The average molecular weight is 334 g/mol. The van der Waals surface area contributed by atoms with Gasteiger partial charge in [0.2, 0.25) is 5.78 Å². The molecule has 0 spiro atoms. The largest absolute Gasteiger partial charge is 0.463 e. The van der Waals surface area contributed by atoms with Crippen LogP contribution in [0.2, 0.25) is 0 Å². The molecule has 2 aromatic rings. The summed E-state index contributed by atoms with van der Waals surface area (Å²) >= 11 is 0. The minimum Gasteiger partial charge on any atom is -0.463 e. The number of ketones is 1. The van der Waals surface area contributed by atoms with Crippen molar-refractivity contribution in [1.29, 1.82) is 0 Å². The van der Waals surface area contributed by atoms with Crippen LogP contribution in [0.15, 0.2) is 35.5 Å². The Morgan fingerprint density at radius 3 is 2.96 bits per heavy atom. The van der Waals surface area contributed by atoms with E-state index in [9.17, 15) is 9.59 Å². The van der Waals surface area contributed by atoms with E-state index >= 15 is 0 Å². The van der Waals surface area contributed by atoms with E-state index in [2.05, 4.69) is 12.6 Å². The summed E-state index contributed by atoms with van der Waals surface area (Å²) < 4.78 is 10.5. The standard InChI is InChI=1S/C21H18O4/c1-3-24-17(22)10-8-14-11-25-21-18(14)12(2)15-9-7-13-5-4-6-16(13)19(15)20(21)23/h7-11H,2-6H2,1H3/b10-8+. The van der Waals surface area contributed by atoms with Gasteiger partial charge in [-0.15, -0.1) is 0 Å². The van der Waals surface area contributed by atoms with Crippen molar-refractivity contribution in [2.75, 3.05) is 6.61 Å². The average Bonchev–Trinajstić information content (AvgIpc) is 3.24. The summed E-state index contributed by atoms with van der Waals surface area (Å²) in [6.07, 6.45) is 7.45. The van der Waals surface area contributed by atoms with E-state index in [4.69, 9.17) is 9.15 Å². The summed E-state index contributed by atoms with van der Waals surface area (Å²) in [5, 5.41) is 0. The van der Waals surface area contributed by atoms with Gasteiger partial charge in [-0.05, 0) is 54.5 Å². The summed E-state index contributed by atoms with van der Waals surface area (Å²) in [6, 6.07) is 4.08. The van der Waals surface area contributed by atoms with Crippen LogP contribution >= 0.6 is 0 Å². The number of hydrogen-bond donors (Lipinski definition) is 0. The second kappa shape index (κ2) is 5.88. The molecular formula is C21H18O4. The Morgan fingerprint density at radius 2 is 2.16 bits per heavy atom. The number of benzene rings is 1. The molecule has 25 heavy (non-hydrogen) atoms. The fraction of sp³-hybridized carbons (Fsp3) is 0.238. The zero-order chi connectivity index (χ0) is 17.6. The molecule has 0 atom stereocenters. The lowest BCUT2D eigenvalue weighted by atomic mass is 9.81. The minimum atomic E-state index is -0.427. The smallest absolute Gasteiger partial charge is 0.330 e. The zero-order valence-corrected chi connectivity index (χ0v) is 14.1. The van der Waals surface area contributed by atoms with Gasteiger partial charge < -0.3 is 9.15 Å². The highest BCUT2D eigenvalue weighted by Gasteiger charge is 2.34. The lowest BCUT2D eigenvalue weighted by Crippen LogP contribution is -2.15. The summed E-state index contributed by atoms with van der Waals surface area (Å²) in [5.74, 6) is -0.211. The molecule has 1 heterocycles.